The first-order chi connectivity index (χ1) is 18.2. The molecule has 11 nitrogen and oxygen atoms in total. The summed E-state index contributed by atoms with van der Waals surface area (Å²) in [6.07, 6.45) is 1.62. The number of urea groups is 1. The molecule has 5 heterocycles. The number of furan rings is 1. The lowest BCUT2D eigenvalue weighted by Crippen LogP contribution is -2.52. The van der Waals surface area contributed by atoms with Gasteiger partial charge in [0.2, 0.25) is 0 Å². The zero-order valence-electron chi connectivity index (χ0n) is 20.3. The van der Waals surface area contributed by atoms with E-state index >= 15 is 0 Å². The number of carbonyl (C=O) groups excluding carboxylic acids is 3. The van der Waals surface area contributed by atoms with Gasteiger partial charge in [-0.2, -0.15) is 0 Å². The van der Waals surface area contributed by atoms with Crippen LogP contribution in [0.1, 0.15) is 27.4 Å². The molecule has 38 heavy (non-hydrogen) atoms. The minimum atomic E-state index is -1.76. The van der Waals surface area contributed by atoms with Gasteiger partial charge in [-0.1, -0.05) is 6.07 Å². The number of pyridine rings is 2. The molecule has 1 aromatic carbocycles. The number of nitrogens with one attached hydrogen (secondary N) is 2. The van der Waals surface area contributed by atoms with E-state index < -0.39 is 29.2 Å². The predicted octanol–water partition coefficient (Wildman–Crippen LogP) is 2.62. The van der Waals surface area contributed by atoms with Crippen molar-refractivity contribution in [2.45, 2.75) is 19.0 Å². The summed E-state index contributed by atoms with van der Waals surface area (Å²) in [7, 11) is 1.31. The monoisotopic (exact) mass is 516 g/mol. The summed E-state index contributed by atoms with van der Waals surface area (Å²) in [5, 5.41) is 4.84. The number of nitrogen functional groups attached to an aromatic ring is 1. The lowest BCUT2D eigenvalue weighted by atomic mass is 9.95. The maximum absolute atomic E-state index is 14.9. The number of halogens is 1. The molecule has 192 valence electrons. The second-order valence-electron chi connectivity index (χ2n) is 9.18. The van der Waals surface area contributed by atoms with E-state index in [-0.39, 0.29) is 30.2 Å². The van der Waals surface area contributed by atoms with Gasteiger partial charge in [0.05, 0.1) is 19.2 Å². The van der Waals surface area contributed by atoms with Crippen molar-refractivity contribution in [3.63, 3.8) is 0 Å². The second-order valence-corrected chi connectivity index (χ2v) is 9.18. The summed E-state index contributed by atoms with van der Waals surface area (Å²) in [6.45, 7) is 1.56. The Morgan fingerprint density at radius 1 is 1.21 bits per heavy atom. The second kappa shape index (κ2) is 8.26. The van der Waals surface area contributed by atoms with E-state index in [1.165, 1.54) is 18.1 Å². The summed E-state index contributed by atoms with van der Waals surface area (Å²) in [6, 6.07) is 9.07. The number of nitrogens with zero attached hydrogens (tertiary/aromatic N) is 3. The van der Waals surface area contributed by atoms with E-state index in [2.05, 4.69) is 20.6 Å². The Balaban J connectivity index is 1.41. The molecule has 1 atom stereocenters. The van der Waals surface area contributed by atoms with Crippen LogP contribution in [-0.2, 0) is 16.9 Å². The summed E-state index contributed by atoms with van der Waals surface area (Å²) in [5.41, 5.74) is 7.25. The highest BCUT2D eigenvalue weighted by atomic mass is 19.1. The van der Waals surface area contributed by atoms with Gasteiger partial charge in [0.25, 0.3) is 11.8 Å². The van der Waals surface area contributed by atoms with Crippen LogP contribution in [0.3, 0.4) is 0 Å². The first-order valence-corrected chi connectivity index (χ1v) is 11.6. The number of hydrogen-bond acceptors (Lipinski definition) is 8. The Morgan fingerprint density at radius 3 is 2.71 bits per heavy atom. The first kappa shape index (κ1) is 23.4. The van der Waals surface area contributed by atoms with Gasteiger partial charge < -0.3 is 25.1 Å². The molecule has 0 bridgehead atoms. The summed E-state index contributed by atoms with van der Waals surface area (Å²) in [4.78, 5) is 48.7. The van der Waals surface area contributed by atoms with Gasteiger partial charge >= 0.3 is 6.03 Å². The fourth-order valence-corrected chi connectivity index (χ4v) is 4.95. The fraction of sp³-hybridized carbons (Fsp3) is 0.192. The lowest BCUT2D eigenvalue weighted by Gasteiger charge is -2.28. The number of imide groups is 1. The Morgan fingerprint density at radius 2 is 2.03 bits per heavy atom. The third-order valence-electron chi connectivity index (χ3n) is 6.86. The van der Waals surface area contributed by atoms with Crippen molar-refractivity contribution in [3.05, 3.63) is 71.0 Å². The first-order valence-electron chi connectivity index (χ1n) is 11.6. The van der Waals surface area contributed by atoms with Crippen LogP contribution < -0.4 is 21.1 Å². The zero-order chi connectivity index (χ0) is 26.8. The molecule has 4 N–H and O–H groups in total. The van der Waals surface area contributed by atoms with Crippen molar-refractivity contribution >= 4 is 34.8 Å². The highest BCUT2D eigenvalue weighted by Gasteiger charge is 2.53. The molecule has 1 saturated heterocycles. The number of fused-ring (bicyclic) bond motifs is 2. The number of benzene rings is 1. The number of ether oxygens (including phenoxy) is 1. The van der Waals surface area contributed by atoms with Gasteiger partial charge in [-0.05, 0) is 36.8 Å². The number of amides is 4. The Labute approximate surface area is 214 Å². The largest absolute Gasteiger partial charge is 0.494 e. The topological polar surface area (TPSA) is 153 Å². The highest BCUT2D eigenvalue weighted by molar-refractivity contribution is 6.08. The molecule has 3 aromatic heterocycles. The van der Waals surface area contributed by atoms with Crippen molar-refractivity contribution in [2.24, 2.45) is 0 Å². The van der Waals surface area contributed by atoms with E-state index in [0.29, 0.717) is 28.2 Å². The predicted molar refractivity (Wildman–Crippen MR) is 132 cm³/mol. The van der Waals surface area contributed by atoms with Crippen molar-refractivity contribution in [1.29, 1.82) is 0 Å². The normalized spacial score (nSPS) is 18.6. The van der Waals surface area contributed by atoms with Gasteiger partial charge in [-0.3, -0.25) is 14.9 Å². The van der Waals surface area contributed by atoms with Crippen LogP contribution in [0.2, 0.25) is 0 Å². The van der Waals surface area contributed by atoms with Gasteiger partial charge in [0.15, 0.2) is 22.7 Å². The molecule has 2 aliphatic rings. The molecule has 4 aromatic rings. The smallest absolute Gasteiger partial charge is 0.322 e. The van der Waals surface area contributed by atoms with Crippen LogP contribution in [0, 0.1) is 12.7 Å². The molecule has 1 fully saturated rings. The van der Waals surface area contributed by atoms with Gasteiger partial charge in [0.1, 0.15) is 17.1 Å². The van der Waals surface area contributed by atoms with E-state index in [1.807, 2.05) is 6.92 Å². The molecule has 0 unspecified atom stereocenters. The van der Waals surface area contributed by atoms with E-state index in [9.17, 15) is 18.8 Å². The summed E-state index contributed by atoms with van der Waals surface area (Å²) >= 11 is 0. The number of nitrogens with two attached hydrogens (primary N) is 1. The molecule has 0 saturated carbocycles. The minimum Gasteiger partial charge on any atom is -0.494 e. The Hall–Kier alpha value is -5.00. The third-order valence-corrected chi connectivity index (χ3v) is 6.86. The summed E-state index contributed by atoms with van der Waals surface area (Å²) < 4.78 is 26.0. The number of methoxy groups -OCH3 is 1. The standard InChI is InChI=1S/C26H21FN6O5/c1-12-15(13-4-6-20(28)29-9-13)7-18-16(30-12)8-19(38-18)26(24(35)31-25(36)32-26)11-33-10-14-3-5-17(37-2)22(27)21(14)23(33)34/h3-9H,10-11H2,1-2H3,(H2,28,29)(H2,31,32,35,36)/t26-/m0/s1. The lowest BCUT2D eigenvalue weighted by molar-refractivity contribution is -0.125. The number of aromatic nitrogens is 2. The summed E-state index contributed by atoms with van der Waals surface area (Å²) in [5.74, 6) is -1.72. The zero-order valence-corrected chi connectivity index (χ0v) is 20.3. The molecule has 4 amide bonds. The van der Waals surface area contributed by atoms with Crippen LogP contribution in [-0.4, -0.2) is 46.4 Å². The third kappa shape index (κ3) is 3.44. The van der Waals surface area contributed by atoms with Crippen LogP contribution >= 0.6 is 0 Å². The van der Waals surface area contributed by atoms with E-state index in [0.717, 1.165) is 11.1 Å². The molecule has 6 rings (SSSR count). The fourth-order valence-electron chi connectivity index (χ4n) is 4.95. The average Bonchev–Trinajstić information content (AvgIpc) is 3.53. The van der Waals surface area contributed by atoms with Crippen LogP contribution in [0.4, 0.5) is 15.0 Å². The van der Waals surface area contributed by atoms with Gasteiger partial charge in [-0.25, -0.2) is 19.2 Å². The van der Waals surface area contributed by atoms with Crippen molar-refractivity contribution < 1.29 is 27.9 Å². The van der Waals surface area contributed by atoms with Crippen LogP contribution in [0.25, 0.3) is 22.2 Å². The number of rotatable bonds is 5. The Bertz CT molecular complexity index is 1670. The van der Waals surface area contributed by atoms with E-state index in [1.54, 1.807) is 36.5 Å². The van der Waals surface area contributed by atoms with Crippen molar-refractivity contribution in [3.8, 4) is 16.9 Å². The maximum Gasteiger partial charge on any atom is 0.322 e. The van der Waals surface area contributed by atoms with Crippen LogP contribution in [0.15, 0.2) is 47.0 Å². The van der Waals surface area contributed by atoms with E-state index in [4.69, 9.17) is 14.9 Å². The van der Waals surface area contributed by atoms with Crippen LogP contribution in [0.5, 0.6) is 5.75 Å². The number of aryl methyl sites for hydroxylation is 1. The number of carbonyl (C=O) groups is 3. The molecule has 0 aliphatic carbocycles. The molecule has 12 heteroatoms. The van der Waals surface area contributed by atoms with Gasteiger partial charge in [-0.15, -0.1) is 0 Å². The molecular weight excluding hydrogens is 495 g/mol. The number of hydrogen-bond donors (Lipinski definition) is 3. The average molecular weight is 516 g/mol. The minimum absolute atomic E-state index is 0.0336. The van der Waals surface area contributed by atoms with Crippen molar-refractivity contribution in [1.82, 2.24) is 25.5 Å². The highest BCUT2D eigenvalue weighted by Crippen LogP contribution is 2.37. The maximum atomic E-state index is 14.9. The molecular formula is C26H21FN6O5. The number of anilines is 1. The quantitative estimate of drug-likeness (QED) is 0.342. The molecule has 0 spiro atoms. The van der Waals surface area contributed by atoms with Gasteiger partial charge in [0, 0.05) is 35.6 Å². The SMILES string of the molecule is COc1ccc2c(c1F)C(=O)N(C[C@@]1(c3cc4nc(C)c(-c5ccc(N)nc5)cc4o3)NC(=O)NC1=O)C2. The van der Waals surface area contributed by atoms with Crippen molar-refractivity contribution in [2.75, 3.05) is 19.4 Å². The molecule has 0 radical (unpaired) electrons. The Kier molecular flexibility index (Phi) is 5.09. The molecule has 2 aliphatic heterocycles.